The number of nitrogens with zero attached hydrogens (tertiary/aromatic N) is 1. The molecule has 0 unspecified atom stereocenters. The van der Waals surface area contributed by atoms with E-state index in [1.807, 2.05) is 12.1 Å². The van der Waals surface area contributed by atoms with E-state index in [2.05, 4.69) is 34.5 Å². The molecule has 110 valence electrons. The molecule has 0 amide bonds. The first-order valence-electron chi connectivity index (χ1n) is 7.25. The molecule has 3 rings (SSSR count). The van der Waals surface area contributed by atoms with Gasteiger partial charge < -0.3 is 10.2 Å². The van der Waals surface area contributed by atoms with Crippen molar-refractivity contribution >= 4 is 17.4 Å². The van der Waals surface area contributed by atoms with Crippen LogP contribution in [-0.2, 0) is 6.54 Å². The molecule has 4 heteroatoms. The zero-order chi connectivity index (χ0) is 14.5. The van der Waals surface area contributed by atoms with Gasteiger partial charge >= 0.3 is 0 Å². The SMILES string of the molecule is Fc1ccccc1SCCN1CCNCc2ccccc21. The maximum atomic E-state index is 13.6. The van der Waals surface area contributed by atoms with Crippen LogP contribution in [0.3, 0.4) is 0 Å². The number of thioether (sulfide) groups is 1. The molecule has 2 nitrogen and oxygen atoms in total. The van der Waals surface area contributed by atoms with Crippen molar-refractivity contribution in [3.05, 3.63) is 59.9 Å². The molecule has 1 aliphatic heterocycles. The number of fused-ring (bicyclic) bond motifs is 1. The van der Waals surface area contributed by atoms with E-state index in [4.69, 9.17) is 0 Å². The zero-order valence-electron chi connectivity index (χ0n) is 11.9. The van der Waals surface area contributed by atoms with Crippen LogP contribution in [0.25, 0.3) is 0 Å². The van der Waals surface area contributed by atoms with Crippen LogP contribution in [0.2, 0.25) is 0 Å². The number of benzene rings is 2. The van der Waals surface area contributed by atoms with E-state index in [1.165, 1.54) is 17.3 Å². The highest BCUT2D eigenvalue weighted by atomic mass is 32.2. The van der Waals surface area contributed by atoms with E-state index in [0.717, 1.165) is 36.8 Å². The summed E-state index contributed by atoms with van der Waals surface area (Å²) >= 11 is 1.59. The molecule has 21 heavy (non-hydrogen) atoms. The number of halogens is 1. The van der Waals surface area contributed by atoms with Crippen LogP contribution in [0.5, 0.6) is 0 Å². The lowest BCUT2D eigenvalue weighted by atomic mass is 10.1. The Hall–Kier alpha value is -1.52. The fraction of sp³-hybridized carbons (Fsp3) is 0.294. The van der Waals surface area contributed by atoms with Crippen LogP contribution in [0, 0.1) is 5.82 Å². The van der Waals surface area contributed by atoms with E-state index >= 15 is 0 Å². The summed E-state index contributed by atoms with van der Waals surface area (Å²) in [4.78, 5) is 3.13. The van der Waals surface area contributed by atoms with Gasteiger partial charge in [0.05, 0.1) is 0 Å². The van der Waals surface area contributed by atoms with E-state index in [9.17, 15) is 4.39 Å². The third-order valence-corrected chi connectivity index (χ3v) is 4.69. The predicted octanol–water partition coefficient (Wildman–Crippen LogP) is 3.53. The first kappa shape index (κ1) is 14.4. The van der Waals surface area contributed by atoms with Gasteiger partial charge in [0.2, 0.25) is 0 Å². The smallest absolute Gasteiger partial charge is 0.136 e. The second-order valence-corrected chi connectivity index (χ2v) is 6.21. The summed E-state index contributed by atoms with van der Waals surface area (Å²) < 4.78 is 13.6. The van der Waals surface area contributed by atoms with Gasteiger partial charge in [0.25, 0.3) is 0 Å². The molecular weight excluding hydrogens is 283 g/mol. The Labute approximate surface area is 129 Å². The Balaban J connectivity index is 1.64. The number of hydrogen-bond acceptors (Lipinski definition) is 3. The van der Waals surface area contributed by atoms with Crippen molar-refractivity contribution in [2.45, 2.75) is 11.4 Å². The van der Waals surface area contributed by atoms with Gasteiger partial charge in [-0.1, -0.05) is 30.3 Å². The van der Waals surface area contributed by atoms with E-state index < -0.39 is 0 Å². The van der Waals surface area contributed by atoms with Gasteiger partial charge in [0.15, 0.2) is 0 Å². The fourth-order valence-corrected chi connectivity index (χ4v) is 3.50. The van der Waals surface area contributed by atoms with Crippen molar-refractivity contribution < 1.29 is 4.39 Å². The number of anilines is 1. The van der Waals surface area contributed by atoms with Crippen LogP contribution in [0.1, 0.15) is 5.56 Å². The van der Waals surface area contributed by atoms with Crippen molar-refractivity contribution in [2.75, 3.05) is 30.3 Å². The Kier molecular flexibility index (Phi) is 4.78. The lowest BCUT2D eigenvalue weighted by Crippen LogP contribution is -2.30. The molecule has 1 heterocycles. The molecule has 0 aliphatic carbocycles. The summed E-state index contributed by atoms with van der Waals surface area (Å²) in [6.07, 6.45) is 0. The zero-order valence-corrected chi connectivity index (χ0v) is 12.7. The minimum atomic E-state index is -0.125. The molecule has 0 fully saturated rings. The largest absolute Gasteiger partial charge is 0.369 e. The molecule has 0 saturated heterocycles. The molecule has 0 bridgehead atoms. The molecule has 0 aromatic heterocycles. The summed E-state index contributed by atoms with van der Waals surface area (Å²) in [5, 5.41) is 3.44. The molecule has 1 aliphatic rings. The van der Waals surface area contributed by atoms with Crippen LogP contribution < -0.4 is 10.2 Å². The normalized spacial score (nSPS) is 14.6. The van der Waals surface area contributed by atoms with Crippen LogP contribution in [-0.4, -0.2) is 25.4 Å². The highest BCUT2D eigenvalue weighted by Gasteiger charge is 2.14. The summed E-state index contributed by atoms with van der Waals surface area (Å²) in [6.45, 7) is 3.83. The molecule has 2 aromatic carbocycles. The van der Waals surface area contributed by atoms with Crippen LogP contribution in [0.15, 0.2) is 53.4 Å². The third-order valence-electron chi connectivity index (χ3n) is 3.66. The summed E-state index contributed by atoms with van der Waals surface area (Å²) in [6, 6.07) is 15.5. The number of nitrogens with one attached hydrogen (secondary N) is 1. The highest BCUT2D eigenvalue weighted by molar-refractivity contribution is 7.99. The summed E-state index contributed by atoms with van der Waals surface area (Å²) in [7, 11) is 0. The van der Waals surface area contributed by atoms with Crippen molar-refractivity contribution in [2.24, 2.45) is 0 Å². The minimum Gasteiger partial charge on any atom is -0.369 e. The number of rotatable bonds is 4. The minimum absolute atomic E-state index is 0.125. The second kappa shape index (κ2) is 6.96. The molecule has 1 N–H and O–H groups in total. The van der Waals surface area contributed by atoms with Crippen molar-refractivity contribution in [3.63, 3.8) is 0 Å². The van der Waals surface area contributed by atoms with Gasteiger partial charge in [-0.25, -0.2) is 4.39 Å². The van der Waals surface area contributed by atoms with Crippen molar-refractivity contribution in [3.8, 4) is 0 Å². The highest BCUT2D eigenvalue weighted by Crippen LogP contribution is 2.25. The van der Waals surface area contributed by atoms with Gasteiger partial charge in [-0.15, -0.1) is 11.8 Å². The third kappa shape index (κ3) is 3.57. The maximum absolute atomic E-state index is 13.6. The van der Waals surface area contributed by atoms with Gasteiger partial charge in [0.1, 0.15) is 5.82 Å². The monoisotopic (exact) mass is 302 g/mol. The fourth-order valence-electron chi connectivity index (χ4n) is 2.59. The van der Waals surface area contributed by atoms with Gasteiger partial charge in [-0.3, -0.25) is 0 Å². The van der Waals surface area contributed by atoms with Crippen LogP contribution in [0.4, 0.5) is 10.1 Å². The molecule has 0 saturated carbocycles. The Bertz CT molecular complexity index is 603. The lowest BCUT2D eigenvalue weighted by Gasteiger charge is -2.24. The first-order chi connectivity index (χ1) is 10.3. The average Bonchev–Trinajstić information content (AvgIpc) is 2.72. The van der Waals surface area contributed by atoms with E-state index in [0.29, 0.717) is 0 Å². The Morgan fingerprint density at radius 2 is 1.90 bits per heavy atom. The first-order valence-corrected chi connectivity index (χ1v) is 8.24. The van der Waals surface area contributed by atoms with Gasteiger partial charge in [-0.2, -0.15) is 0 Å². The maximum Gasteiger partial charge on any atom is 0.136 e. The molecule has 0 atom stereocenters. The second-order valence-electron chi connectivity index (χ2n) is 5.07. The van der Waals surface area contributed by atoms with Gasteiger partial charge in [-0.05, 0) is 23.8 Å². The number of para-hydroxylation sites is 1. The Morgan fingerprint density at radius 1 is 1.10 bits per heavy atom. The molecule has 0 radical (unpaired) electrons. The van der Waals surface area contributed by atoms with Crippen molar-refractivity contribution in [1.29, 1.82) is 0 Å². The predicted molar refractivity (Wildman–Crippen MR) is 87.5 cm³/mol. The standard InChI is InChI=1S/C17H19FN2S/c18-15-6-2-4-8-17(15)21-12-11-20-10-9-19-13-14-5-1-3-7-16(14)20/h1-8,19H,9-13H2. The van der Waals surface area contributed by atoms with E-state index in [1.54, 1.807) is 17.8 Å². The van der Waals surface area contributed by atoms with E-state index in [-0.39, 0.29) is 5.82 Å². The Morgan fingerprint density at radius 3 is 2.81 bits per heavy atom. The summed E-state index contributed by atoms with van der Waals surface area (Å²) in [5.74, 6) is 0.760. The van der Waals surface area contributed by atoms with Gasteiger partial charge in [0, 0.05) is 42.5 Å². The lowest BCUT2D eigenvalue weighted by molar-refractivity contribution is 0.602. The summed E-state index contributed by atoms with van der Waals surface area (Å²) in [5.41, 5.74) is 2.64. The van der Waals surface area contributed by atoms with Crippen LogP contribution >= 0.6 is 11.8 Å². The molecule has 2 aromatic rings. The van der Waals surface area contributed by atoms with Crippen molar-refractivity contribution in [1.82, 2.24) is 5.32 Å². The molecule has 0 spiro atoms. The number of hydrogen-bond donors (Lipinski definition) is 1. The quantitative estimate of drug-likeness (QED) is 0.870. The topological polar surface area (TPSA) is 15.3 Å². The molecular formula is C17H19FN2S. The average molecular weight is 302 g/mol.